The number of urea groups is 1. The molecule has 0 spiro atoms. The molecule has 138 valence electrons. The second kappa shape index (κ2) is 10.5. The molecule has 1 atom stereocenters. The average Bonchev–Trinajstić information content (AvgIpc) is 2.66. The van der Waals surface area contributed by atoms with E-state index in [1.165, 1.54) is 0 Å². The second-order valence-electron chi connectivity index (χ2n) is 5.92. The molecule has 6 heteroatoms. The van der Waals surface area contributed by atoms with Crippen LogP contribution >= 0.6 is 11.6 Å². The Bertz CT molecular complexity index is 705. The molecule has 0 fully saturated rings. The average molecular weight is 374 g/mol. The molecule has 2 rings (SSSR count). The zero-order valence-corrected chi connectivity index (χ0v) is 15.6. The van der Waals surface area contributed by atoms with Gasteiger partial charge in [-0.15, -0.1) is 0 Å². The number of benzene rings is 2. The normalized spacial score (nSPS) is 11.5. The summed E-state index contributed by atoms with van der Waals surface area (Å²) in [7, 11) is 0. The highest BCUT2D eigenvalue weighted by molar-refractivity contribution is 6.30. The predicted molar refractivity (Wildman–Crippen MR) is 104 cm³/mol. The van der Waals surface area contributed by atoms with Gasteiger partial charge in [0, 0.05) is 24.5 Å². The van der Waals surface area contributed by atoms with Crippen LogP contribution in [0, 0.1) is 0 Å². The van der Waals surface area contributed by atoms with E-state index < -0.39 is 0 Å². The van der Waals surface area contributed by atoms with Crippen LogP contribution in [0.2, 0.25) is 5.02 Å². The molecular formula is C20H24ClN3O2. The van der Waals surface area contributed by atoms with Crippen molar-refractivity contribution >= 4 is 23.5 Å². The summed E-state index contributed by atoms with van der Waals surface area (Å²) >= 11 is 5.89. The number of carbonyl (C=O) groups excluding carboxylic acids is 2. The lowest BCUT2D eigenvalue weighted by atomic mass is 10.0. The van der Waals surface area contributed by atoms with Crippen molar-refractivity contribution in [3.63, 3.8) is 0 Å². The number of hydrogen-bond donors (Lipinski definition) is 3. The summed E-state index contributed by atoms with van der Waals surface area (Å²) in [4.78, 5) is 23.9. The molecule has 0 aliphatic rings. The fraction of sp³-hybridized carbons (Fsp3) is 0.300. The predicted octanol–water partition coefficient (Wildman–Crippen LogP) is 3.80. The Morgan fingerprint density at radius 3 is 2.35 bits per heavy atom. The maximum atomic E-state index is 12.1. The van der Waals surface area contributed by atoms with Crippen LogP contribution in [0.4, 0.5) is 4.79 Å². The number of amides is 3. The van der Waals surface area contributed by atoms with Gasteiger partial charge in [0.15, 0.2) is 0 Å². The van der Waals surface area contributed by atoms with Gasteiger partial charge in [-0.25, -0.2) is 4.79 Å². The largest absolute Gasteiger partial charge is 0.349 e. The lowest BCUT2D eigenvalue weighted by Gasteiger charge is -2.17. The highest BCUT2D eigenvalue weighted by atomic mass is 35.5. The molecule has 2 aromatic carbocycles. The van der Waals surface area contributed by atoms with Crippen LogP contribution < -0.4 is 16.0 Å². The van der Waals surface area contributed by atoms with Crippen molar-refractivity contribution in [2.24, 2.45) is 0 Å². The molecule has 3 N–H and O–H groups in total. The van der Waals surface area contributed by atoms with Gasteiger partial charge in [-0.1, -0.05) is 61.0 Å². The van der Waals surface area contributed by atoms with E-state index in [-0.39, 0.29) is 30.9 Å². The summed E-state index contributed by atoms with van der Waals surface area (Å²) in [6, 6.07) is 16.7. The first kappa shape index (κ1) is 19.8. The Morgan fingerprint density at radius 2 is 1.69 bits per heavy atom. The molecule has 26 heavy (non-hydrogen) atoms. The zero-order chi connectivity index (χ0) is 18.8. The van der Waals surface area contributed by atoms with E-state index in [0.717, 1.165) is 17.5 Å². The monoisotopic (exact) mass is 373 g/mol. The molecule has 0 bridgehead atoms. The van der Waals surface area contributed by atoms with Crippen molar-refractivity contribution in [3.05, 3.63) is 70.7 Å². The van der Waals surface area contributed by atoms with Crippen LogP contribution in [0.15, 0.2) is 54.6 Å². The minimum absolute atomic E-state index is 0.0633. The molecule has 0 radical (unpaired) electrons. The summed E-state index contributed by atoms with van der Waals surface area (Å²) in [5, 5.41) is 9.10. The molecule has 0 aromatic heterocycles. The third-order valence-corrected chi connectivity index (χ3v) is 4.20. The van der Waals surface area contributed by atoms with E-state index in [0.29, 0.717) is 11.6 Å². The second-order valence-corrected chi connectivity index (χ2v) is 6.36. The molecule has 0 aliphatic heterocycles. The highest BCUT2D eigenvalue weighted by Crippen LogP contribution is 2.19. The van der Waals surface area contributed by atoms with Crippen molar-refractivity contribution in [1.29, 1.82) is 0 Å². The van der Waals surface area contributed by atoms with Crippen LogP contribution in [0.5, 0.6) is 0 Å². The molecule has 0 aliphatic carbocycles. The third-order valence-electron chi connectivity index (χ3n) is 3.95. The maximum absolute atomic E-state index is 12.1. The molecule has 3 amide bonds. The van der Waals surface area contributed by atoms with Crippen molar-refractivity contribution in [3.8, 4) is 0 Å². The van der Waals surface area contributed by atoms with Crippen molar-refractivity contribution in [1.82, 2.24) is 16.0 Å². The van der Waals surface area contributed by atoms with Crippen LogP contribution in [0.3, 0.4) is 0 Å². The standard InChI is InChI=1S/C20H24ClN3O2/c1-2-18(16-8-10-17(21)11-9-16)24-19(25)12-13-22-20(26)23-14-15-6-4-3-5-7-15/h3-11,18H,2,12-14H2,1H3,(H,24,25)(H2,22,23,26). The van der Waals surface area contributed by atoms with Crippen molar-refractivity contribution < 1.29 is 9.59 Å². The van der Waals surface area contributed by atoms with Gasteiger partial charge >= 0.3 is 6.03 Å². The third kappa shape index (κ3) is 6.76. The van der Waals surface area contributed by atoms with Gasteiger partial charge in [0.25, 0.3) is 0 Å². The summed E-state index contributed by atoms with van der Waals surface area (Å²) in [5.41, 5.74) is 2.04. The van der Waals surface area contributed by atoms with E-state index in [9.17, 15) is 9.59 Å². The van der Waals surface area contributed by atoms with Gasteiger partial charge in [-0.2, -0.15) is 0 Å². The van der Waals surface area contributed by atoms with E-state index >= 15 is 0 Å². The topological polar surface area (TPSA) is 70.2 Å². The minimum Gasteiger partial charge on any atom is -0.349 e. The summed E-state index contributed by atoms with van der Waals surface area (Å²) in [6.07, 6.45) is 1.00. The van der Waals surface area contributed by atoms with E-state index in [1.54, 1.807) is 0 Å². The summed E-state index contributed by atoms with van der Waals surface area (Å²) < 4.78 is 0. The van der Waals surface area contributed by atoms with E-state index in [1.807, 2.05) is 61.5 Å². The van der Waals surface area contributed by atoms with Gasteiger partial charge in [0.1, 0.15) is 0 Å². The maximum Gasteiger partial charge on any atom is 0.315 e. The van der Waals surface area contributed by atoms with Crippen molar-refractivity contribution in [2.75, 3.05) is 6.54 Å². The van der Waals surface area contributed by atoms with E-state index in [4.69, 9.17) is 11.6 Å². The summed E-state index contributed by atoms with van der Waals surface area (Å²) in [6.45, 7) is 2.74. The van der Waals surface area contributed by atoms with Crippen LogP contribution in [-0.4, -0.2) is 18.5 Å². The van der Waals surface area contributed by atoms with Gasteiger partial charge in [-0.3, -0.25) is 4.79 Å². The first-order chi connectivity index (χ1) is 12.6. The quantitative estimate of drug-likeness (QED) is 0.658. The van der Waals surface area contributed by atoms with E-state index in [2.05, 4.69) is 16.0 Å². The zero-order valence-electron chi connectivity index (χ0n) is 14.8. The van der Waals surface area contributed by atoms with Gasteiger partial charge in [-0.05, 0) is 29.7 Å². The molecule has 0 saturated carbocycles. The summed E-state index contributed by atoms with van der Waals surface area (Å²) in [5.74, 6) is -0.102. The Labute approximate surface area is 159 Å². The van der Waals surface area contributed by atoms with Gasteiger partial charge < -0.3 is 16.0 Å². The molecule has 5 nitrogen and oxygen atoms in total. The lowest BCUT2D eigenvalue weighted by Crippen LogP contribution is -2.38. The first-order valence-electron chi connectivity index (χ1n) is 8.69. The number of hydrogen-bond acceptors (Lipinski definition) is 2. The number of halogens is 1. The van der Waals surface area contributed by atoms with Crippen LogP contribution in [-0.2, 0) is 11.3 Å². The fourth-order valence-electron chi connectivity index (χ4n) is 2.51. The number of rotatable bonds is 8. The molecule has 1 unspecified atom stereocenters. The molecule has 0 saturated heterocycles. The fourth-order valence-corrected chi connectivity index (χ4v) is 2.64. The molecule has 2 aromatic rings. The molecular weight excluding hydrogens is 350 g/mol. The first-order valence-corrected chi connectivity index (χ1v) is 9.06. The Balaban J connectivity index is 1.69. The van der Waals surface area contributed by atoms with Crippen molar-refractivity contribution in [2.45, 2.75) is 32.4 Å². The number of nitrogens with one attached hydrogen (secondary N) is 3. The van der Waals surface area contributed by atoms with Crippen LogP contribution in [0.25, 0.3) is 0 Å². The Kier molecular flexibility index (Phi) is 7.96. The molecule has 0 heterocycles. The Hall–Kier alpha value is -2.53. The number of carbonyl (C=O) groups is 2. The Morgan fingerprint density at radius 1 is 1.00 bits per heavy atom. The van der Waals surface area contributed by atoms with Crippen LogP contribution in [0.1, 0.15) is 36.9 Å². The lowest BCUT2D eigenvalue weighted by molar-refractivity contribution is -0.121. The highest BCUT2D eigenvalue weighted by Gasteiger charge is 2.12. The smallest absolute Gasteiger partial charge is 0.315 e. The SMILES string of the molecule is CCC(NC(=O)CCNC(=O)NCc1ccccc1)c1ccc(Cl)cc1. The minimum atomic E-state index is -0.286. The van der Waals surface area contributed by atoms with Gasteiger partial charge in [0.05, 0.1) is 6.04 Å². The van der Waals surface area contributed by atoms with Gasteiger partial charge in [0.2, 0.25) is 5.91 Å².